The summed E-state index contributed by atoms with van der Waals surface area (Å²) in [5.74, 6) is -1.57. The molecule has 1 amide bonds. The van der Waals surface area contributed by atoms with E-state index in [1.165, 1.54) is 17.7 Å². The van der Waals surface area contributed by atoms with E-state index in [2.05, 4.69) is 10.6 Å². The summed E-state index contributed by atoms with van der Waals surface area (Å²) in [4.78, 5) is 13.5. The quantitative estimate of drug-likeness (QED) is 0.593. The van der Waals surface area contributed by atoms with Crippen LogP contribution in [0.25, 0.3) is 0 Å². The number of thiophene rings is 1. The number of hydrogen-bond donors (Lipinski definition) is 2. The Hall–Kier alpha value is -2.57. The number of hydrogen-bond acceptors (Lipinski definition) is 3. The number of benzene rings is 2. The maximum Gasteiger partial charge on any atom is 0.234 e. The van der Waals surface area contributed by atoms with Crippen molar-refractivity contribution in [3.8, 4) is 0 Å². The molecule has 0 aliphatic carbocycles. The summed E-state index contributed by atoms with van der Waals surface area (Å²) in [6, 6.07) is 14.8. The molecule has 0 aliphatic rings. The van der Waals surface area contributed by atoms with Gasteiger partial charge in [0, 0.05) is 16.5 Å². The van der Waals surface area contributed by atoms with Crippen LogP contribution in [-0.2, 0) is 4.79 Å². The van der Waals surface area contributed by atoms with Gasteiger partial charge in [0.1, 0.15) is 11.6 Å². The van der Waals surface area contributed by atoms with Crippen LogP contribution in [0, 0.1) is 18.6 Å². The van der Waals surface area contributed by atoms with E-state index < -0.39 is 17.7 Å². The van der Waals surface area contributed by atoms with Gasteiger partial charge in [0.2, 0.25) is 5.91 Å². The molecule has 28 heavy (non-hydrogen) atoms. The lowest BCUT2D eigenvalue weighted by molar-refractivity contribution is -0.121. The summed E-state index contributed by atoms with van der Waals surface area (Å²) in [7, 11) is 0. The van der Waals surface area contributed by atoms with Gasteiger partial charge in [0.15, 0.2) is 0 Å². The number of aryl methyl sites for hydroxylation is 1. The number of carbonyl (C=O) groups excluding carboxylic acids is 1. The van der Waals surface area contributed by atoms with Gasteiger partial charge < -0.3 is 5.32 Å². The van der Waals surface area contributed by atoms with Gasteiger partial charge in [0.05, 0.1) is 18.6 Å². The molecular weight excluding hydrogens is 378 g/mol. The molecule has 0 spiro atoms. The lowest BCUT2D eigenvalue weighted by Crippen LogP contribution is -2.37. The fourth-order valence-electron chi connectivity index (χ4n) is 3.01. The second kappa shape index (κ2) is 9.08. The topological polar surface area (TPSA) is 41.1 Å². The van der Waals surface area contributed by atoms with Crippen LogP contribution < -0.4 is 10.6 Å². The van der Waals surface area contributed by atoms with Crippen LogP contribution in [0.15, 0.2) is 60.0 Å². The summed E-state index contributed by atoms with van der Waals surface area (Å²) in [6.45, 7) is 3.77. The Bertz CT molecular complexity index is 926. The van der Waals surface area contributed by atoms with Gasteiger partial charge in [-0.25, -0.2) is 8.78 Å². The molecule has 1 heterocycles. The summed E-state index contributed by atoms with van der Waals surface area (Å²) in [5.41, 5.74) is 2.49. The highest BCUT2D eigenvalue weighted by Gasteiger charge is 2.18. The van der Waals surface area contributed by atoms with Crippen molar-refractivity contribution in [2.75, 3.05) is 6.54 Å². The number of halogens is 2. The molecular formula is C22H22F2N2OS. The second-order valence-electron chi connectivity index (χ2n) is 6.70. The number of carbonyl (C=O) groups is 1. The zero-order chi connectivity index (χ0) is 20.1. The van der Waals surface area contributed by atoms with Crippen LogP contribution >= 0.6 is 11.3 Å². The molecule has 0 aliphatic heterocycles. The van der Waals surface area contributed by atoms with E-state index in [4.69, 9.17) is 0 Å². The maximum atomic E-state index is 13.9. The Morgan fingerprint density at radius 2 is 1.86 bits per heavy atom. The van der Waals surface area contributed by atoms with Crippen molar-refractivity contribution in [2.24, 2.45) is 0 Å². The Labute approximate surface area is 167 Å². The third kappa shape index (κ3) is 5.03. The lowest BCUT2D eigenvalue weighted by Gasteiger charge is -2.20. The number of nitrogens with one attached hydrogen (secondary N) is 2. The van der Waals surface area contributed by atoms with Crippen molar-refractivity contribution in [2.45, 2.75) is 25.9 Å². The molecule has 3 aromatic rings. The average Bonchev–Trinajstić information content (AvgIpc) is 3.17. The molecule has 2 atom stereocenters. The predicted molar refractivity (Wildman–Crippen MR) is 108 cm³/mol. The minimum Gasteiger partial charge on any atom is -0.348 e. The molecule has 0 saturated heterocycles. The molecule has 3 nitrogen and oxygen atoms in total. The van der Waals surface area contributed by atoms with Gasteiger partial charge in [-0.1, -0.05) is 42.0 Å². The van der Waals surface area contributed by atoms with Crippen LogP contribution in [0.5, 0.6) is 0 Å². The zero-order valence-electron chi connectivity index (χ0n) is 15.7. The van der Waals surface area contributed by atoms with Crippen molar-refractivity contribution in [1.82, 2.24) is 10.6 Å². The Kier molecular flexibility index (Phi) is 6.54. The van der Waals surface area contributed by atoms with Gasteiger partial charge in [-0.05, 0) is 36.9 Å². The molecule has 0 bridgehead atoms. The Morgan fingerprint density at radius 3 is 2.50 bits per heavy atom. The minimum atomic E-state index is -0.670. The highest BCUT2D eigenvalue weighted by atomic mass is 32.1. The van der Waals surface area contributed by atoms with Crippen LogP contribution in [0.1, 0.15) is 40.6 Å². The van der Waals surface area contributed by atoms with Crippen molar-refractivity contribution in [1.29, 1.82) is 0 Å². The molecule has 146 valence electrons. The first kappa shape index (κ1) is 20.2. The predicted octanol–water partition coefficient (Wildman–Crippen LogP) is 4.89. The standard InChI is InChI=1S/C22H22F2N2OS/c1-14-5-7-16(8-6-14)22(20-4-3-11-28-20)25-13-21(27)26-15(2)18-10-9-17(23)12-19(18)24/h3-12,15,22,25H,13H2,1-2H3,(H,26,27)/t15-,22-/m0/s1. The van der Waals surface area contributed by atoms with E-state index in [0.29, 0.717) is 0 Å². The summed E-state index contributed by atoms with van der Waals surface area (Å²) in [6.07, 6.45) is 0. The van der Waals surface area contributed by atoms with Crippen LogP contribution in [-0.4, -0.2) is 12.5 Å². The summed E-state index contributed by atoms with van der Waals surface area (Å²) < 4.78 is 27.0. The molecule has 3 rings (SSSR count). The van der Waals surface area contributed by atoms with Gasteiger partial charge in [0.25, 0.3) is 0 Å². The maximum absolute atomic E-state index is 13.9. The highest BCUT2D eigenvalue weighted by molar-refractivity contribution is 7.10. The van der Waals surface area contributed by atoms with Crippen LogP contribution in [0.3, 0.4) is 0 Å². The third-order valence-corrected chi connectivity index (χ3v) is 5.45. The lowest BCUT2D eigenvalue weighted by atomic mass is 10.0. The molecule has 0 radical (unpaired) electrons. The fourth-order valence-corrected chi connectivity index (χ4v) is 3.84. The van der Waals surface area contributed by atoms with Gasteiger partial charge >= 0.3 is 0 Å². The molecule has 0 unspecified atom stereocenters. The van der Waals surface area contributed by atoms with E-state index in [9.17, 15) is 13.6 Å². The van der Waals surface area contributed by atoms with Crippen molar-refractivity contribution in [3.63, 3.8) is 0 Å². The average molecular weight is 400 g/mol. The summed E-state index contributed by atoms with van der Waals surface area (Å²) >= 11 is 1.62. The van der Waals surface area contributed by atoms with Crippen LogP contribution in [0.2, 0.25) is 0 Å². The molecule has 6 heteroatoms. The summed E-state index contributed by atoms with van der Waals surface area (Å²) in [5, 5.41) is 8.04. The Morgan fingerprint density at radius 1 is 1.11 bits per heavy atom. The minimum absolute atomic E-state index is 0.0730. The van der Waals surface area contributed by atoms with Crippen LogP contribution in [0.4, 0.5) is 8.78 Å². The highest BCUT2D eigenvalue weighted by Crippen LogP contribution is 2.26. The monoisotopic (exact) mass is 400 g/mol. The molecule has 2 aromatic carbocycles. The smallest absolute Gasteiger partial charge is 0.234 e. The molecule has 2 N–H and O–H groups in total. The SMILES string of the molecule is Cc1ccc([C@H](NCC(=O)N[C@@H](C)c2ccc(F)cc2F)c2cccs2)cc1. The van der Waals surface area contributed by atoms with Crippen molar-refractivity contribution < 1.29 is 13.6 Å². The fraction of sp³-hybridized carbons (Fsp3) is 0.227. The van der Waals surface area contributed by atoms with Gasteiger partial charge in [-0.3, -0.25) is 10.1 Å². The van der Waals surface area contributed by atoms with E-state index in [-0.39, 0.29) is 24.1 Å². The van der Waals surface area contributed by atoms with E-state index in [0.717, 1.165) is 16.5 Å². The first-order valence-electron chi connectivity index (χ1n) is 9.01. The van der Waals surface area contributed by atoms with E-state index in [1.54, 1.807) is 18.3 Å². The normalized spacial score (nSPS) is 13.1. The largest absolute Gasteiger partial charge is 0.348 e. The van der Waals surface area contributed by atoms with Gasteiger partial charge in [-0.15, -0.1) is 11.3 Å². The second-order valence-corrected chi connectivity index (χ2v) is 7.67. The number of rotatable bonds is 7. The van der Waals surface area contributed by atoms with E-state index >= 15 is 0 Å². The first-order chi connectivity index (χ1) is 13.4. The van der Waals surface area contributed by atoms with E-state index in [1.807, 2.05) is 48.7 Å². The molecule has 1 aromatic heterocycles. The first-order valence-corrected chi connectivity index (χ1v) is 9.89. The molecule has 0 saturated carbocycles. The third-order valence-electron chi connectivity index (χ3n) is 4.51. The number of amides is 1. The Balaban J connectivity index is 1.66. The van der Waals surface area contributed by atoms with Crippen molar-refractivity contribution >= 4 is 17.2 Å². The van der Waals surface area contributed by atoms with Gasteiger partial charge in [-0.2, -0.15) is 0 Å². The zero-order valence-corrected chi connectivity index (χ0v) is 16.5. The van der Waals surface area contributed by atoms with Crippen molar-refractivity contribution in [3.05, 3.63) is 93.2 Å². The molecule has 0 fully saturated rings.